The van der Waals surface area contributed by atoms with Gasteiger partial charge in [-0.25, -0.2) is 0 Å². The number of carbonyl (C=O) groups excluding carboxylic acids is 1. The van der Waals surface area contributed by atoms with Crippen LogP contribution in [0.5, 0.6) is 5.75 Å². The highest BCUT2D eigenvalue weighted by Gasteiger charge is 2.41. The van der Waals surface area contributed by atoms with Gasteiger partial charge in [-0.1, -0.05) is 18.2 Å². The zero-order valence-electron chi connectivity index (χ0n) is 17.1. The van der Waals surface area contributed by atoms with E-state index in [1.54, 1.807) is 29.2 Å². The molecule has 0 aliphatic carbocycles. The minimum Gasteiger partial charge on any atom is -0.491 e. The second kappa shape index (κ2) is 8.68. The molecule has 1 N–H and O–H groups in total. The standard InChI is InChI=1S/C23H26F3NO3/c1-16(2)30-20-5-3-4-17(14-20)21(29)27-12-10-22(15-27,11-13-28)18-6-8-19(9-7-18)23(24,25)26/h3-9,14,16,28H,10-13,15H2,1-2H3. The molecule has 1 atom stereocenters. The fourth-order valence-electron chi connectivity index (χ4n) is 4.01. The van der Waals surface area contributed by atoms with Crippen molar-refractivity contribution in [3.63, 3.8) is 0 Å². The highest BCUT2D eigenvalue weighted by Crippen LogP contribution is 2.39. The van der Waals surface area contributed by atoms with Crippen molar-refractivity contribution in [2.75, 3.05) is 19.7 Å². The van der Waals surface area contributed by atoms with E-state index in [-0.39, 0.29) is 18.6 Å². The maximum Gasteiger partial charge on any atom is 0.416 e. The zero-order valence-corrected chi connectivity index (χ0v) is 17.1. The molecule has 1 heterocycles. The quantitative estimate of drug-likeness (QED) is 0.738. The molecule has 7 heteroatoms. The number of aliphatic hydroxyl groups excluding tert-OH is 1. The smallest absolute Gasteiger partial charge is 0.416 e. The topological polar surface area (TPSA) is 49.8 Å². The zero-order chi connectivity index (χ0) is 21.9. The lowest BCUT2D eigenvalue weighted by Crippen LogP contribution is -2.35. The van der Waals surface area contributed by atoms with E-state index in [1.165, 1.54) is 12.1 Å². The van der Waals surface area contributed by atoms with Gasteiger partial charge in [0.15, 0.2) is 0 Å². The Morgan fingerprint density at radius 1 is 1.20 bits per heavy atom. The van der Waals surface area contributed by atoms with Gasteiger partial charge in [0.2, 0.25) is 0 Å². The van der Waals surface area contributed by atoms with E-state index in [0.29, 0.717) is 42.8 Å². The number of nitrogens with zero attached hydrogens (tertiary/aromatic N) is 1. The number of benzene rings is 2. The predicted octanol–water partition coefficient (Wildman–Crippen LogP) is 4.66. The van der Waals surface area contributed by atoms with E-state index in [2.05, 4.69) is 0 Å². The van der Waals surface area contributed by atoms with Gasteiger partial charge < -0.3 is 14.7 Å². The summed E-state index contributed by atoms with van der Waals surface area (Å²) in [5.41, 5.74) is -0.0731. The Morgan fingerprint density at radius 3 is 2.50 bits per heavy atom. The molecule has 1 fully saturated rings. The monoisotopic (exact) mass is 421 g/mol. The number of hydrogen-bond acceptors (Lipinski definition) is 3. The molecule has 2 aromatic rings. The van der Waals surface area contributed by atoms with Gasteiger partial charge in [0.1, 0.15) is 5.75 Å². The van der Waals surface area contributed by atoms with Crippen molar-refractivity contribution in [1.29, 1.82) is 0 Å². The molecule has 0 spiro atoms. The number of alkyl halides is 3. The first-order chi connectivity index (χ1) is 14.1. The molecule has 1 aliphatic rings. The summed E-state index contributed by atoms with van der Waals surface area (Å²) in [6.07, 6.45) is -3.46. The number of likely N-dealkylation sites (tertiary alicyclic amines) is 1. The van der Waals surface area contributed by atoms with Crippen LogP contribution in [0.3, 0.4) is 0 Å². The number of rotatable bonds is 6. The van der Waals surface area contributed by atoms with Crippen LogP contribution >= 0.6 is 0 Å². The molecule has 2 aromatic carbocycles. The van der Waals surface area contributed by atoms with Gasteiger partial charge >= 0.3 is 6.18 Å². The Hall–Kier alpha value is -2.54. The summed E-state index contributed by atoms with van der Waals surface area (Å²) in [5, 5.41) is 9.60. The molecular weight excluding hydrogens is 395 g/mol. The second-order valence-corrected chi connectivity index (χ2v) is 8.00. The van der Waals surface area contributed by atoms with E-state index in [4.69, 9.17) is 4.74 Å². The summed E-state index contributed by atoms with van der Waals surface area (Å²) < 4.78 is 44.4. The minimum absolute atomic E-state index is 0.0148. The van der Waals surface area contributed by atoms with Gasteiger partial charge in [0.25, 0.3) is 5.91 Å². The second-order valence-electron chi connectivity index (χ2n) is 8.00. The number of amides is 1. The van der Waals surface area contributed by atoms with Crippen molar-refractivity contribution < 1.29 is 27.8 Å². The van der Waals surface area contributed by atoms with E-state index in [0.717, 1.165) is 12.1 Å². The van der Waals surface area contributed by atoms with Gasteiger partial charge in [-0.15, -0.1) is 0 Å². The Bertz CT molecular complexity index is 880. The fraction of sp³-hybridized carbons (Fsp3) is 0.435. The number of halogens is 3. The summed E-state index contributed by atoms with van der Waals surface area (Å²) in [5.74, 6) is 0.454. The van der Waals surface area contributed by atoms with Crippen molar-refractivity contribution in [1.82, 2.24) is 4.90 Å². The van der Waals surface area contributed by atoms with Crippen molar-refractivity contribution in [3.8, 4) is 5.75 Å². The molecule has 162 valence electrons. The van der Waals surface area contributed by atoms with Gasteiger partial charge in [-0.2, -0.15) is 13.2 Å². The van der Waals surface area contributed by atoms with Crippen LogP contribution < -0.4 is 4.74 Å². The Morgan fingerprint density at radius 2 is 1.90 bits per heavy atom. The third kappa shape index (κ3) is 4.78. The summed E-state index contributed by atoms with van der Waals surface area (Å²) in [7, 11) is 0. The Balaban J connectivity index is 1.81. The van der Waals surface area contributed by atoms with Crippen molar-refractivity contribution in [2.24, 2.45) is 0 Å². The first-order valence-corrected chi connectivity index (χ1v) is 9.99. The Kier molecular flexibility index (Phi) is 6.41. The summed E-state index contributed by atoms with van der Waals surface area (Å²) in [6, 6.07) is 12.0. The summed E-state index contributed by atoms with van der Waals surface area (Å²) >= 11 is 0. The van der Waals surface area contributed by atoms with Crippen LogP contribution in [0, 0.1) is 0 Å². The number of hydrogen-bond donors (Lipinski definition) is 1. The average Bonchev–Trinajstić information content (AvgIpc) is 3.12. The maximum absolute atomic E-state index is 13.1. The lowest BCUT2D eigenvalue weighted by atomic mass is 9.77. The summed E-state index contributed by atoms with van der Waals surface area (Å²) in [6.45, 7) is 4.51. The normalized spacial score (nSPS) is 19.4. The largest absolute Gasteiger partial charge is 0.491 e. The van der Waals surface area contributed by atoms with Crippen LogP contribution in [0.1, 0.15) is 48.2 Å². The maximum atomic E-state index is 13.1. The van der Waals surface area contributed by atoms with E-state index in [9.17, 15) is 23.1 Å². The molecule has 0 bridgehead atoms. The van der Waals surface area contributed by atoms with Crippen molar-refractivity contribution in [3.05, 3.63) is 65.2 Å². The molecule has 4 nitrogen and oxygen atoms in total. The van der Waals surface area contributed by atoms with Crippen LogP contribution in [-0.2, 0) is 11.6 Å². The highest BCUT2D eigenvalue weighted by molar-refractivity contribution is 5.95. The Labute approximate surface area is 174 Å². The lowest BCUT2D eigenvalue weighted by molar-refractivity contribution is -0.137. The molecule has 1 unspecified atom stereocenters. The molecular formula is C23H26F3NO3. The highest BCUT2D eigenvalue weighted by atomic mass is 19.4. The van der Waals surface area contributed by atoms with Crippen LogP contribution in [-0.4, -0.2) is 41.7 Å². The van der Waals surface area contributed by atoms with Crippen molar-refractivity contribution in [2.45, 2.75) is 44.4 Å². The third-order valence-electron chi connectivity index (χ3n) is 5.51. The molecule has 3 rings (SSSR count). The molecule has 30 heavy (non-hydrogen) atoms. The van der Waals surface area contributed by atoms with Gasteiger partial charge in [0, 0.05) is 30.7 Å². The molecule has 1 aliphatic heterocycles. The molecule has 0 saturated carbocycles. The minimum atomic E-state index is -4.40. The predicted molar refractivity (Wildman–Crippen MR) is 108 cm³/mol. The van der Waals surface area contributed by atoms with E-state index < -0.39 is 17.2 Å². The summed E-state index contributed by atoms with van der Waals surface area (Å²) in [4.78, 5) is 14.7. The first kappa shape index (κ1) is 22.2. The number of carbonyl (C=O) groups is 1. The molecule has 0 aromatic heterocycles. The van der Waals surface area contributed by atoms with Crippen LogP contribution in [0.25, 0.3) is 0 Å². The van der Waals surface area contributed by atoms with E-state index >= 15 is 0 Å². The molecule has 0 radical (unpaired) electrons. The molecule has 1 amide bonds. The third-order valence-corrected chi connectivity index (χ3v) is 5.51. The lowest BCUT2D eigenvalue weighted by Gasteiger charge is -2.30. The van der Waals surface area contributed by atoms with Crippen LogP contribution in [0.15, 0.2) is 48.5 Å². The van der Waals surface area contributed by atoms with E-state index in [1.807, 2.05) is 13.8 Å². The molecule has 1 saturated heterocycles. The number of ether oxygens (including phenoxy) is 1. The fourth-order valence-corrected chi connectivity index (χ4v) is 4.01. The van der Waals surface area contributed by atoms with Crippen LogP contribution in [0.4, 0.5) is 13.2 Å². The average molecular weight is 421 g/mol. The number of aliphatic hydroxyl groups is 1. The van der Waals surface area contributed by atoms with Gasteiger partial charge in [-0.3, -0.25) is 4.79 Å². The van der Waals surface area contributed by atoms with Crippen molar-refractivity contribution >= 4 is 5.91 Å². The van der Waals surface area contributed by atoms with Gasteiger partial charge in [0.05, 0.1) is 11.7 Å². The van der Waals surface area contributed by atoms with Gasteiger partial charge in [-0.05, 0) is 62.6 Å². The SMILES string of the molecule is CC(C)Oc1cccc(C(=O)N2CCC(CCO)(c3ccc(C(F)(F)F)cc3)C2)c1. The first-order valence-electron chi connectivity index (χ1n) is 9.99. The van der Waals surface area contributed by atoms with Crippen LogP contribution in [0.2, 0.25) is 0 Å².